The van der Waals surface area contributed by atoms with Crippen LogP contribution in [0.4, 0.5) is 11.4 Å². The highest BCUT2D eigenvalue weighted by Gasteiger charge is 2.39. The number of ketones is 2. The van der Waals surface area contributed by atoms with E-state index in [2.05, 4.69) is 58.9 Å². The number of carbonyl (C=O) groups excluding carboxylic acids is 6. The Morgan fingerprint density at radius 3 is 1.11 bits per heavy atom. The third-order valence-electron chi connectivity index (χ3n) is 19.2. The van der Waals surface area contributed by atoms with Crippen LogP contribution in [-0.4, -0.2) is 35.2 Å². The summed E-state index contributed by atoms with van der Waals surface area (Å²) in [6.45, 7) is 10.6. The minimum Gasteiger partial charge on any atom is -0.486 e. The fraction of sp³-hybridized carbons (Fsp3) is 0.124. The highest BCUT2D eigenvalue weighted by Crippen LogP contribution is 2.40. The first-order valence-corrected chi connectivity index (χ1v) is 33.8. The monoisotopic (exact) mass is 1330 g/mol. The number of fused-ring (bicyclic) bond motifs is 2. The zero-order valence-electron chi connectivity index (χ0n) is 56.4. The second kappa shape index (κ2) is 27.8. The topological polar surface area (TPSA) is 146 Å². The average Bonchev–Trinajstić information content (AvgIpc) is 1.64. The molecule has 0 N–H and O–H groups in total. The van der Waals surface area contributed by atoms with Gasteiger partial charge in [0.1, 0.15) is 46.2 Å². The molecule has 2 atom stereocenters. The first kappa shape index (κ1) is 65.7. The molecule has 0 spiro atoms. The van der Waals surface area contributed by atoms with Crippen LogP contribution in [0.2, 0.25) is 0 Å². The van der Waals surface area contributed by atoms with E-state index < -0.39 is 5.60 Å². The molecule has 0 saturated carbocycles. The van der Waals surface area contributed by atoms with Crippen molar-refractivity contribution in [2.45, 2.75) is 71.0 Å². The highest BCUT2D eigenvalue weighted by atomic mass is 16.5. The Kier molecular flexibility index (Phi) is 18.1. The van der Waals surface area contributed by atoms with E-state index in [9.17, 15) is 28.8 Å². The normalized spacial score (nSPS) is 13.5. The Balaban J connectivity index is 0.544. The molecule has 12 heteroatoms. The number of hydrogen-bond donors (Lipinski definition) is 0. The molecular formula is C89H70N2O10. The summed E-state index contributed by atoms with van der Waals surface area (Å²) in [7, 11) is 0. The van der Waals surface area contributed by atoms with Crippen molar-refractivity contribution in [1.82, 2.24) is 0 Å². The Hall–Kier alpha value is -12.5. The highest BCUT2D eigenvalue weighted by molar-refractivity contribution is 6.35. The maximum Gasteiger partial charge on any atom is 0.266 e. The van der Waals surface area contributed by atoms with E-state index in [0.717, 1.165) is 57.3 Å². The Morgan fingerprint density at radius 2 is 0.703 bits per heavy atom. The number of amides is 4. The molecule has 0 aromatic heterocycles. The lowest BCUT2D eigenvalue weighted by Crippen LogP contribution is -2.29. The molecule has 0 saturated heterocycles. The van der Waals surface area contributed by atoms with Crippen LogP contribution >= 0.6 is 0 Å². The molecule has 14 rings (SSSR count). The van der Waals surface area contributed by atoms with Crippen LogP contribution in [0.1, 0.15) is 156 Å². The number of hydrogen-bond acceptors (Lipinski definition) is 10. The second-order valence-corrected chi connectivity index (χ2v) is 26.0. The molecule has 0 aliphatic carbocycles. The van der Waals surface area contributed by atoms with Crippen LogP contribution in [-0.2, 0) is 11.0 Å². The van der Waals surface area contributed by atoms with E-state index in [1.807, 2.05) is 133 Å². The number of imide groups is 2. The standard InChI is InChI=1S/C89H70N2O10/c1-6-14-81(59-21-37-69(38-22-59)90-84(94)77-53-29-64(55-79(77)86(90)96)57-15-10-8-11-16-57)100-75-45-27-63(28-46-75)83(93)62-25-41-71(42-26-62)98-73-47-33-66(34-48-73)88(3,4)67-35-49-76(50-36-67)101-89(5,7-2)68-31-19-60(20-32-68)82(92)61-23-43-72(44-24-61)99-74-51-39-70(40-52-74)91-85(95)78-54-30-65(56-80(78)87(91)97)58-17-12-9-13-18-58/h8-13,15-56,81H,6-7,14H2,1-5H3. The van der Waals surface area contributed by atoms with Crippen molar-refractivity contribution in [2.24, 2.45) is 0 Å². The quantitative estimate of drug-likeness (QED) is 0.0448. The number of nitrogens with zero attached hydrogens (tertiary/aromatic N) is 2. The molecule has 12 nitrogen and oxygen atoms in total. The fourth-order valence-corrected chi connectivity index (χ4v) is 13.0. The van der Waals surface area contributed by atoms with Gasteiger partial charge in [-0.15, -0.1) is 0 Å². The summed E-state index contributed by atoms with van der Waals surface area (Å²) in [5.41, 5.74) is 11.1. The lowest BCUT2D eigenvalue weighted by atomic mass is 9.78. The molecule has 101 heavy (non-hydrogen) atoms. The van der Waals surface area contributed by atoms with Crippen molar-refractivity contribution >= 4 is 46.6 Å². The Morgan fingerprint density at radius 1 is 0.356 bits per heavy atom. The summed E-state index contributed by atoms with van der Waals surface area (Å²) >= 11 is 0. The smallest absolute Gasteiger partial charge is 0.266 e. The van der Waals surface area contributed by atoms with Crippen molar-refractivity contribution in [3.05, 3.63) is 358 Å². The zero-order chi connectivity index (χ0) is 69.9. The van der Waals surface area contributed by atoms with E-state index in [4.69, 9.17) is 18.9 Å². The molecule has 2 aliphatic heterocycles. The van der Waals surface area contributed by atoms with Gasteiger partial charge in [0.05, 0.1) is 33.6 Å². The number of anilines is 2. The Bertz CT molecular complexity index is 5100. The molecule has 0 bridgehead atoms. The Labute approximate surface area is 586 Å². The molecule has 2 unspecified atom stereocenters. The minimum absolute atomic E-state index is 0.137. The zero-order valence-corrected chi connectivity index (χ0v) is 56.4. The second-order valence-electron chi connectivity index (χ2n) is 26.0. The van der Waals surface area contributed by atoms with Crippen LogP contribution in [0.5, 0.6) is 34.5 Å². The van der Waals surface area contributed by atoms with E-state index in [-0.39, 0.29) is 46.7 Å². The van der Waals surface area contributed by atoms with Crippen molar-refractivity contribution in [3.63, 3.8) is 0 Å². The third-order valence-corrected chi connectivity index (χ3v) is 19.2. The van der Waals surface area contributed by atoms with Crippen molar-refractivity contribution in [3.8, 4) is 56.8 Å². The summed E-state index contributed by atoms with van der Waals surface area (Å²) in [6, 6.07) is 89.3. The number of ether oxygens (including phenoxy) is 4. The molecule has 2 aliphatic rings. The van der Waals surface area contributed by atoms with Crippen LogP contribution in [0.3, 0.4) is 0 Å². The van der Waals surface area contributed by atoms with Gasteiger partial charge in [-0.05, 0) is 222 Å². The van der Waals surface area contributed by atoms with Gasteiger partial charge < -0.3 is 18.9 Å². The van der Waals surface area contributed by atoms with Gasteiger partial charge in [-0.2, -0.15) is 0 Å². The van der Waals surface area contributed by atoms with Gasteiger partial charge >= 0.3 is 0 Å². The van der Waals surface area contributed by atoms with Gasteiger partial charge in [-0.25, -0.2) is 9.80 Å². The predicted octanol–water partition coefficient (Wildman–Crippen LogP) is 20.6. The van der Waals surface area contributed by atoms with Gasteiger partial charge in [0.15, 0.2) is 11.6 Å². The largest absolute Gasteiger partial charge is 0.486 e. The van der Waals surface area contributed by atoms with Gasteiger partial charge in [0, 0.05) is 27.7 Å². The van der Waals surface area contributed by atoms with Crippen molar-refractivity contribution < 1.29 is 47.7 Å². The number of carbonyl (C=O) groups is 6. The summed E-state index contributed by atoms with van der Waals surface area (Å²) < 4.78 is 25.6. The van der Waals surface area contributed by atoms with E-state index >= 15 is 0 Å². The molecule has 12 aromatic carbocycles. The maximum absolute atomic E-state index is 13.8. The van der Waals surface area contributed by atoms with E-state index in [1.54, 1.807) is 133 Å². The lowest BCUT2D eigenvalue weighted by molar-refractivity contribution is 0.0824. The van der Waals surface area contributed by atoms with E-state index in [1.165, 1.54) is 9.80 Å². The summed E-state index contributed by atoms with van der Waals surface area (Å²) in [5, 5.41) is 0. The van der Waals surface area contributed by atoms with Crippen molar-refractivity contribution in [2.75, 3.05) is 9.80 Å². The fourth-order valence-electron chi connectivity index (χ4n) is 13.0. The lowest BCUT2D eigenvalue weighted by Gasteiger charge is -2.31. The van der Waals surface area contributed by atoms with Crippen LogP contribution in [0.25, 0.3) is 22.3 Å². The first-order chi connectivity index (χ1) is 49.0. The van der Waals surface area contributed by atoms with Crippen LogP contribution < -0.4 is 28.7 Å². The third kappa shape index (κ3) is 13.4. The molecular weight excluding hydrogens is 1260 g/mol. The van der Waals surface area contributed by atoms with Crippen LogP contribution in [0.15, 0.2) is 291 Å². The van der Waals surface area contributed by atoms with Gasteiger partial charge in [-0.1, -0.05) is 168 Å². The molecule has 0 fully saturated rings. The number of rotatable bonds is 23. The maximum atomic E-state index is 13.8. The molecule has 2 heterocycles. The van der Waals surface area contributed by atoms with Gasteiger partial charge in [-0.3, -0.25) is 28.8 Å². The van der Waals surface area contributed by atoms with Crippen molar-refractivity contribution in [1.29, 1.82) is 0 Å². The predicted molar refractivity (Wildman–Crippen MR) is 393 cm³/mol. The first-order valence-electron chi connectivity index (χ1n) is 33.8. The summed E-state index contributed by atoms with van der Waals surface area (Å²) in [5.74, 6) is 1.85. The SMILES string of the molecule is CCCC(Oc1ccc(C(=O)c2ccc(Oc3ccc(C(C)(C)c4ccc(OC(C)(CC)c5ccc(C(=O)c6ccc(Oc7ccc(N8C(=O)c9ccc(-c%10ccccc%10)cc9C8=O)cc7)cc6)cc5)cc4)cc3)cc2)cc1)c1ccc(N2C(=O)c3ccc(-c4ccccc4)cc3C2=O)cc1. The van der Waals surface area contributed by atoms with E-state index in [0.29, 0.717) is 96.8 Å². The molecule has 4 amide bonds. The summed E-state index contributed by atoms with van der Waals surface area (Å²) in [6.07, 6.45) is 1.94. The molecule has 0 radical (unpaired) electrons. The van der Waals surface area contributed by atoms with Gasteiger partial charge in [0.25, 0.3) is 23.6 Å². The van der Waals surface area contributed by atoms with Crippen LogP contribution in [0, 0.1) is 0 Å². The minimum atomic E-state index is -0.686. The average molecular weight is 1330 g/mol. The summed E-state index contributed by atoms with van der Waals surface area (Å²) in [4.78, 5) is 84.0. The molecule has 12 aromatic rings. The molecule has 496 valence electrons. The number of benzene rings is 12. The van der Waals surface area contributed by atoms with Gasteiger partial charge in [0.2, 0.25) is 0 Å².